The number of benzene rings is 2. The van der Waals surface area contributed by atoms with Crippen LogP contribution in [0, 0.1) is 13.8 Å². The van der Waals surface area contributed by atoms with E-state index in [1.165, 1.54) is 16.1 Å². The van der Waals surface area contributed by atoms with Crippen molar-refractivity contribution in [1.29, 1.82) is 0 Å². The molecule has 2 aliphatic rings. The number of hydrogen-bond donors (Lipinski definition) is 1. The van der Waals surface area contributed by atoms with Gasteiger partial charge in [-0.2, -0.15) is 4.31 Å². The maximum absolute atomic E-state index is 13.2. The molecule has 2 heterocycles. The summed E-state index contributed by atoms with van der Waals surface area (Å²) in [4.78, 5) is 39.7. The van der Waals surface area contributed by atoms with Crippen molar-refractivity contribution in [2.75, 3.05) is 31.1 Å². The fourth-order valence-corrected chi connectivity index (χ4v) is 6.31. The molecular formula is C24H28N3O5S+. The molecule has 0 aliphatic carbocycles. The maximum atomic E-state index is 13.2. The van der Waals surface area contributed by atoms with Gasteiger partial charge in [0.1, 0.15) is 0 Å². The van der Waals surface area contributed by atoms with Gasteiger partial charge in [0.05, 0.1) is 43.2 Å². The highest BCUT2D eigenvalue weighted by atomic mass is 32.2. The second-order valence-electron chi connectivity index (χ2n) is 8.76. The van der Waals surface area contributed by atoms with Crippen LogP contribution in [0.25, 0.3) is 0 Å². The molecule has 2 fully saturated rings. The van der Waals surface area contributed by atoms with E-state index in [1.54, 1.807) is 37.3 Å². The maximum Gasteiger partial charge on any atom is 0.292 e. The Labute approximate surface area is 193 Å². The van der Waals surface area contributed by atoms with Crippen LogP contribution in [0.4, 0.5) is 5.69 Å². The number of imide groups is 1. The van der Waals surface area contributed by atoms with Crippen molar-refractivity contribution in [3.8, 4) is 0 Å². The van der Waals surface area contributed by atoms with Crippen LogP contribution in [0.1, 0.15) is 34.8 Å². The number of Topliss-reactive ketones (excluding diaryl/α,β-unsaturated/α-hetero) is 1. The zero-order chi connectivity index (χ0) is 23.9. The van der Waals surface area contributed by atoms with Crippen molar-refractivity contribution >= 4 is 33.3 Å². The minimum atomic E-state index is -3.62. The number of carbonyl (C=O) groups excluding carboxylic acids is 3. The van der Waals surface area contributed by atoms with Gasteiger partial charge in [-0.3, -0.25) is 14.4 Å². The Morgan fingerprint density at radius 3 is 2.24 bits per heavy atom. The van der Waals surface area contributed by atoms with E-state index in [9.17, 15) is 22.8 Å². The molecule has 4 rings (SSSR count). The number of quaternary nitrogens is 1. The molecule has 8 nitrogen and oxygen atoms in total. The van der Waals surface area contributed by atoms with E-state index in [1.807, 2.05) is 19.1 Å². The molecule has 0 bridgehead atoms. The van der Waals surface area contributed by atoms with E-state index in [4.69, 9.17) is 0 Å². The molecule has 1 N–H and O–H groups in total. The lowest BCUT2D eigenvalue weighted by atomic mass is 10.1. The fourth-order valence-electron chi connectivity index (χ4n) is 4.55. The summed E-state index contributed by atoms with van der Waals surface area (Å²) in [6, 6.07) is 11.3. The minimum absolute atomic E-state index is 0.0865. The molecule has 1 atom stereocenters. The van der Waals surface area contributed by atoms with E-state index in [0.717, 1.165) is 10.5 Å². The molecule has 2 saturated heterocycles. The first-order chi connectivity index (χ1) is 15.6. The summed E-state index contributed by atoms with van der Waals surface area (Å²) in [5.41, 5.74) is 2.56. The molecule has 174 valence electrons. The Morgan fingerprint density at radius 2 is 1.64 bits per heavy atom. The Bertz CT molecular complexity index is 1220. The topological polar surface area (TPSA) is 96.3 Å². The summed E-state index contributed by atoms with van der Waals surface area (Å²) in [7, 11) is -3.62. The molecule has 0 radical (unpaired) electrons. The Morgan fingerprint density at radius 1 is 1.00 bits per heavy atom. The quantitative estimate of drug-likeness (QED) is 0.513. The van der Waals surface area contributed by atoms with Crippen LogP contribution in [0.15, 0.2) is 47.4 Å². The van der Waals surface area contributed by atoms with Gasteiger partial charge in [0.2, 0.25) is 15.9 Å². The minimum Gasteiger partial charge on any atom is -0.322 e. The number of anilines is 1. The van der Waals surface area contributed by atoms with E-state index in [-0.39, 0.29) is 37.1 Å². The van der Waals surface area contributed by atoms with Crippen molar-refractivity contribution in [1.82, 2.24) is 4.31 Å². The van der Waals surface area contributed by atoms with Crippen LogP contribution >= 0.6 is 0 Å². The lowest BCUT2D eigenvalue weighted by Gasteiger charge is -2.34. The summed E-state index contributed by atoms with van der Waals surface area (Å²) in [5, 5.41) is 0. The Kier molecular flexibility index (Phi) is 6.22. The Balaban J connectivity index is 1.46. The van der Waals surface area contributed by atoms with Crippen LogP contribution in [-0.2, 0) is 19.6 Å². The largest absolute Gasteiger partial charge is 0.322 e. The predicted octanol–water partition coefficient (Wildman–Crippen LogP) is 0.727. The van der Waals surface area contributed by atoms with E-state index >= 15 is 0 Å². The lowest BCUT2D eigenvalue weighted by molar-refractivity contribution is -0.918. The van der Waals surface area contributed by atoms with Gasteiger partial charge in [0.15, 0.2) is 11.8 Å². The van der Waals surface area contributed by atoms with Crippen LogP contribution in [0.2, 0.25) is 0 Å². The van der Waals surface area contributed by atoms with Gasteiger partial charge in [-0.25, -0.2) is 13.3 Å². The number of ketones is 1. The molecule has 0 spiro atoms. The number of nitrogens with one attached hydrogen (secondary N) is 1. The lowest BCUT2D eigenvalue weighted by Crippen LogP contribution is -3.19. The molecule has 9 heteroatoms. The zero-order valence-electron chi connectivity index (χ0n) is 19.0. The number of nitrogens with zero attached hydrogens (tertiary/aromatic N) is 2. The number of sulfonamides is 1. The number of carbonyl (C=O) groups is 3. The number of amides is 2. The second-order valence-corrected chi connectivity index (χ2v) is 10.7. The van der Waals surface area contributed by atoms with Crippen molar-refractivity contribution in [3.05, 3.63) is 59.2 Å². The summed E-state index contributed by atoms with van der Waals surface area (Å²) >= 11 is 0. The summed E-state index contributed by atoms with van der Waals surface area (Å²) in [6.45, 7) is 6.58. The summed E-state index contributed by atoms with van der Waals surface area (Å²) in [5.74, 6) is -0.647. The first kappa shape index (κ1) is 23.3. The third-order valence-electron chi connectivity index (χ3n) is 6.50. The first-order valence-corrected chi connectivity index (χ1v) is 12.4. The number of piperazine rings is 1. The van der Waals surface area contributed by atoms with Gasteiger partial charge in [0, 0.05) is 5.56 Å². The van der Waals surface area contributed by atoms with Crippen LogP contribution in [0.3, 0.4) is 0 Å². The van der Waals surface area contributed by atoms with Gasteiger partial charge >= 0.3 is 0 Å². The fraction of sp³-hybridized carbons (Fsp3) is 0.375. The van der Waals surface area contributed by atoms with Gasteiger partial charge in [-0.15, -0.1) is 0 Å². The van der Waals surface area contributed by atoms with Crippen LogP contribution < -0.4 is 9.80 Å². The molecule has 0 saturated carbocycles. The van der Waals surface area contributed by atoms with Crippen molar-refractivity contribution in [2.45, 2.75) is 38.1 Å². The average molecular weight is 471 g/mol. The first-order valence-electron chi connectivity index (χ1n) is 11.0. The van der Waals surface area contributed by atoms with E-state index < -0.39 is 16.1 Å². The highest BCUT2D eigenvalue weighted by Gasteiger charge is 2.47. The number of rotatable bonds is 5. The number of hydrogen-bond acceptors (Lipinski definition) is 5. The molecule has 0 unspecified atom stereocenters. The summed E-state index contributed by atoms with van der Waals surface area (Å²) < 4.78 is 27.8. The SMILES string of the molecule is CC(=O)c1ccc(N2C(=O)C[C@H]([NH+]3CCN(S(=O)(=O)c4cc(C)ccc4C)CC3)C2=O)cc1. The molecule has 2 aromatic rings. The van der Waals surface area contributed by atoms with Crippen LogP contribution in [-0.4, -0.2) is 62.5 Å². The third-order valence-corrected chi connectivity index (χ3v) is 8.54. The number of aryl methyl sites for hydroxylation is 2. The Hall–Kier alpha value is -2.88. The van der Waals surface area contributed by atoms with Crippen molar-refractivity contribution in [3.63, 3.8) is 0 Å². The molecule has 33 heavy (non-hydrogen) atoms. The van der Waals surface area contributed by atoms with Gasteiger partial charge in [-0.05, 0) is 62.2 Å². The van der Waals surface area contributed by atoms with Gasteiger partial charge in [-0.1, -0.05) is 12.1 Å². The molecule has 2 aromatic carbocycles. The predicted molar refractivity (Wildman–Crippen MR) is 123 cm³/mol. The highest BCUT2D eigenvalue weighted by molar-refractivity contribution is 7.89. The van der Waals surface area contributed by atoms with Crippen LogP contribution in [0.5, 0.6) is 0 Å². The van der Waals surface area contributed by atoms with Gasteiger partial charge in [0.25, 0.3) is 5.91 Å². The molecule has 0 aromatic heterocycles. The zero-order valence-corrected chi connectivity index (χ0v) is 19.8. The monoisotopic (exact) mass is 470 g/mol. The standard InChI is InChI=1S/C24H27N3O5S/c1-16-4-5-17(2)22(14-16)33(31,32)26-12-10-25(11-13-26)21-15-23(29)27(24(21)30)20-8-6-19(7-9-20)18(3)28/h4-9,14,21H,10-13,15H2,1-3H3/p+1/t21-/m0/s1. The van der Waals surface area contributed by atoms with Crippen molar-refractivity contribution < 1.29 is 27.7 Å². The normalized spacial score (nSPS) is 20.5. The second kappa shape index (κ2) is 8.81. The van der Waals surface area contributed by atoms with E-state index in [2.05, 4.69) is 0 Å². The molecule has 2 amide bonds. The van der Waals surface area contributed by atoms with Gasteiger partial charge < -0.3 is 4.90 Å². The van der Waals surface area contributed by atoms with E-state index in [0.29, 0.717) is 34.8 Å². The highest BCUT2D eigenvalue weighted by Crippen LogP contribution is 2.24. The molecular weight excluding hydrogens is 442 g/mol. The van der Waals surface area contributed by atoms with Crippen molar-refractivity contribution in [2.24, 2.45) is 0 Å². The summed E-state index contributed by atoms with van der Waals surface area (Å²) in [6.07, 6.45) is 0.0896. The molecule has 2 aliphatic heterocycles. The average Bonchev–Trinajstić information content (AvgIpc) is 3.09. The smallest absolute Gasteiger partial charge is 0.292 e. The third kappa shape index (κ3) is 4.36.